The summed E-state index contributed by atoms with van der Waals surface area (Å²) in [5.74, 6) is 0. The summed E-state index contributed by atoms with van der Waals surface area (Å²) in [5.41, 5.74) is 1.64. The normalized spacial score (nSPS) is 10.5. The molecular formula is C10H12N4O. The summed E-state index contributed by atoms with van der Waals surface area (Å²) in [6.45, 7) is 4.53. The minimum absolute atomic E-state index is 0.116. The van der Waals surface area contributed by atoms with Gasteiger partial charge in [0.1, 0.15) is 12.7 Å². The van der Waals surface area contributed by atoms with Gasteiger partial charge in [-0.15, -0.1) is 0 Å². The Labute approximate surface area is 86.7 Å². The Morgan fingerprint density at radius 2 is 2.27 bits per heavy atom. The van der Waals surface area contributed by atoms with Crippen molar-refractivity contribution in [1.82, 2.24) is 18.9 Å². The fourth-order valence-corrected chi connectivity index (χ4v) is 1.25. The molecule has 15 heavy (non-hydrogen) atoms. The van der Waals surface area contributed by atoms with Gasteiger partial charge in [-0.2, -0.15) is 0 Å². The van der Waals surface area contributed by atoms with E-state index in [0.717, 1.165) is 0 Å². The molecule has 0 atom stereocenters. The van der Waals surface area contributed by atoms with Gasteiger partial charge in [0.05, 0.1) is 6.20 Å². The van der Waals surface area contributed by atoms with E-state index in [1.54, 1.807) is 17.1 Å². The smallest absolute Gasteiger partial charge is 0.280 e. The number of aromatic nitrogens is 4. The Balaban J connectivity index is 2.49. The van der Waals surface area contributed by atoms with E-state index in [-0.39, 0.29) is 5.69 Å². The third-order valence-electron chi connectivity index (χ3n) is 2.10. The van der Waals surface area contributed by atoms with Gasteiger partial charge >= 0.3 is 5.69 Å². The molecule has 0 bridgehead atoms. The van der Waals surface area contributed by atoms with Gasteiger partial charge < -0.3 is 0 Å². The fourth-order valence-electron chi connectivity index (χ4n) is 1.25. The average Bonchev–Trinajstić information content (AvgIpc) is 2.65. The van der Waals surface area contributed by atoms with Gasteiger partial charge in [-0.25, -0.2) is 19.2 Å². The minimum atomic E-state index is -0.116. The molecule has 2 aromatic rings. The molecule has 0 N–H and O–H groups in total. The maximum atomic E-state index is 11.8. The van der Waals surface area contributed by atoms with Crippen LogP contribution in [0.3, 0.4) is 0 Å². The zero-order valence-electron chi connectivity index (χ0n) is 8.71. The maximum Gasteiger partial charge on any atom is 0.336 e. The van der Waals surface area contributed by atoms with Gasteiger partial charge in [-0.1, -0.05) is 11.6 Å². The number of imidazole rings is 1. The monoisotopic (exact) mass is 204 g/mol. The first-order chi connectivity index (χ1) is 7.18. The van der Waals surface area contributed by atoms with E-state index in [4.69, 9.17) is 0 Å². The van der Waals surface area contributed by atoms with Gasteiger partial charge in [0.2, 0.25) is 0 Å². The lowest BCUT2D eigenvalue weighted by Crippen LogP contribution is -2.26. The van der Waals surface area contributed by atoms with Crippen molar-refractivity contribution in [2.45, 2.75) is 20.4 Å². The van der Waals surface area contributed by atoms with Crippen LogP contribution in [-0.2, 0) is 6.54 Å². The third kappa shape index (κ3) is 1.81. The van der Waals surface area contributed by atoms with Crippen LogP contribution in [0.1, 0.15) is 13.8 Å². The standard InChI is InChI=1S/C10H12N4O/c1-8(2)3-4-13-7-12-9-5-11-6-14(9)10(13)15/h3,5-7H,4H2,1-2H3. The van der Waals surface area contributed by atoms with E-state index in [1.165, 1.54) is 16.3 Å². The number of fused-ring (bicyclic) bond motifs is 1. The van der Waals surface area contributed by atoms with Crippen LogP contribution >= 0.6 is 0 Å². The molecule has 0 aliphatic heterocycles. The Morgan fingerprint density at radius 3 is 3.00 bits per heavy atom. The maximum absolute atomic E-state index is 11.8. The minimum Gasteiger partial charge on any atom is -0.280 e. The predicted octanol–water partition coefficient (Wildman–Crippen LogP) is 0.857. The number of rotatable bonds is 2. The Hall–Kier alpha value is -1.91. The first-order valence-electron chi connectivity index (χ1n) is 4.69. The molecule has 5 heteroatoms. The predicted molar refractivity (Wildman–Crippen MR) is 56.7 cm³/mol. The van der Waals surface area contributed by atoms with Gasteiger partial charge in [-0.05, 0) is 13.8 Å². The lowest BCUT2D eigenvalue weighted by molar-refractivity contribution is 0.701. The highest BCUT2D eigenvalue weighted by Crippen LogP contribution is 1.93. The number of hydrogen-bond acceptors (Lipinski definition) is 3. The first kappa shape index (κ1) is 9.64. The largest absolute Gasteiger partial charge is 0.336 e. The summed E-state index contributed by atoms with van der Waals surface area (Å²) in [7, 11) is 0. The average molecular weight is 204 g/mol. The number of allylic oxidation sites excluding steroid dienone is 2. The molecule has 0 radical (unpaired) electrons. The molecule has 2 rings (SSSR count). The van der Waals surface area contributed by atoms with Gasteiger partial charge in [-0.3, -0.25) is 4.57 Å². The molecule has 0 saturated carbocycles. The van der Waals surface area contributed by atoms with Crippen LogP contribution < -0.4 is 5.69 Å². The zero-order valence-corrected chi connectivity index (χ0v) is 8.71. The zero-order chi connectivity index (χ0) is 10.8. The lowest BCUT2D eigenvalue weighted by Gasteiger charge is -2.01. The SMILES string of the molecule is CC(C)=CCn1cnc2cncn2c1=O. The second kappa shape index (κ2) is 3.68. The topological polar surface area (TPSA) is 52.2 Å². The van der Waals surface area contributed by atoms with Crippen molar-refractivity contribution in [1.29, 1.82) is 0 Å². The van der Waals surface area contributed by atoms with Gasteiger partial charge in [0.25, 0.3) is 0 Å². The summed E-state index contributed by atoms with van der Waals surface area (Å²) in [6, 6.07) is 0. The van der Waals surface area contributed by atoms with Crippen LogP contribution in [0, 0.1) is 0 Å². The molecule has 0 saturated heterocycles. The molecule has 78 valence electrons. The van der Waals surface area contributed by atoms with Crippen LogP contribution in [0.4, 0.5) is 0 Å². The lowest BCUT2D eigenvalue weighted by atomic mass is 10.3. The third-order valence-corrected chi connectivity index (χ3v) is 2.10. The molecule has 0 aliphatic rings. The van der Waals surface area contributed by atoms with Crippen molar-refractivity contribution in [3.63, 3.8) is 0 Å². The molecule has 0 unspecified atom stereocenters. The Kier molecular flexibility index (Phi) is 2.37. The van der Waals surface area contributed by atoms with E-state index in [2.05, 4.69) is 9.97 Å². The molecule has 0 fully saturated rings. The van der Waals surface area contributed by atoms with E-state index >= 15 is 0 Å². The highest BCUT2D eigenvalue weighted by atomic mass is 16.1. The highest BCUT2D eigenvalue weighted by molar-refractivity contribution is 5.32. The summed E-state index contributed by atoms with van der Waals surface area (Å²) < 4.78 is 2.97. The summed E-state index contributed by atoms with van der Waals surface area (Å²) in [4.78, 5) is 19.8. The van der Waals surface area contributed by atoms with E-state index < -0.39 is 0 Å². The molecule has 0 amide bonds. The van der Waals surface area contributed by atoms with Crippen LogP contribution in [0.25, 0.3) is 5.65 Å². The number of hydrogen-bond donors (Lipinski definition) is 0. The summed E-state index contributed by atoms with van der Waals surface area (Å²) in [5, 5.41) is 0. The summed E-state index contributed by atoms with van der Waals surface area (Å²) >= 11 is 0. The van der Waals surface area contributed by atoms with Crippen molar-refractivity contribution in [3.05, 3.63) is 41.0 Å². The fraction of sp³-hybridized carbons (Fsp3) is 0.300. The second-order valence-electron chi connectivity index (χ2n) is 3.58. The van der Waals surface area contributed by atoms with Crippen molar-refractivity contribution < 1.29 is 0 Å². The molecule has 2 aromatic heterocycles. The van der Waals surface area contributed by atoms with Crippen LogP contribution in [0.15, 0.2) is 35.3 Å². The molecular weight excluding hydrogens is 192 g/mol. The Bertz CT molecular complexity index is 560. The van der Waals surface area contributed by atoms with Crippen molar-refractivity contribution in [2.24, 2.45) is 0 Å². The van der Waals surface area contributed by atoms with Crippen molar-refractivity contribution in [3.8, 4) is 0 Å². The van der Waals surface area contributed by atoms with Gasteiger partial charge in [0, 0.05) is 6.54 Å². The summed E-state index contributed by atoms with van der Waals surface area (Å²) in [6.07, 6.45) is 6.56. The van der Waals surface area contributed by atoms with Gasteiger partial charge in [0.15, 0.2) is 5.65 Å². The van der Waals surface area contributed by atoms with Crippen LogP contribution in [0.5, 0.6) is 0 Å². The van der Waals surface area contributed by atoms with Crippen molar-refractivity contribution >= 4 is 5.65 Å². The Morgan fingerprint density at radius 1 is 1.47 bits per heavy atom. The van der Waals surface area contributed by atoms with E-state index in [1.807, 2.05) is 19.9 Å². The quantitative estimate of drug-likeness (QED) is 0.682. The van der Waals surface area contributed by atoms with Crippen molar-refractivity contribution in [2.75, 3.05) is 0 Å². The van der Waals surface area contributed by atoms with E-state index in [9.17, 15) is 4.79 Å². The van der Waals surface area contributed by atoms with E-state index in [0.29, 0.717) is 12.2 Å². The molecule has 0 spiro atoms. The highest BCUT2D eigenvalue weighted by Gasteiger charge is 2.01. The molecule has 0 aromatic carbocycles. The van der Waals surface area contributed by atoms with Crippen LogP contribution in [-0.4, -0.2) is 18.9 Å². The molecule has 2 heterocycles. The molecule has 5 nitrogen and oxygen atoms in total. The molecule has 0 aliphatic carbocycles. The second-order valence-corrected chi connectivity index (χ2v) is 3.58. The first-order valence-corrected chi connectivity index (χ1v) is 4.69. The van der Waals surface area contributed by atoms with Crippen LogP contribution in [0.2, 0.25) is 0 Å². The number of nitrogens with zero attached hydrogens (tertiary/aromatic N) is 4.